The highest BCUT2D eigenvalue weighted by Gasteiger charge is 2.38. The fourth-order valence-electron chi connectivity index (χ4n) is 2.99. The number of carbonyl (C=O) groups is 2. The van der Waals surface area contributed by atoms with Crippen molar-refractivity contribution in [2.24, 2.45) is 0 Å². The predicted octanol–water partition coefficient (Wildman–Crippen LogP) is 0.512. The van der Waals surface area contributed by atoms with Gasteiger partial charge in [-0.15, -0.1) is 10.2 Å². The van der Waals surface area contributed by atoms with Gasteiger partial charge in [0.25, 0.3) is 0 Å². The smallest absolute Gasteiger partial charge is 0.475 e. The number of hydrogen-bond donors (Lipinski definition) is 1. The van der Waals surface area contributed by atoms with Gasteiger partial charge in [0.2, 0.25) is 5.91 Å². The summed E-state index contributed by atoms with van der Waals surface area (Å²) in [6.45, 7) is 8.93. The predicted molar refractivity (Wildman–Crippen MR) is 96.3 cm³/mol. The number of hydrogen-bond acceptors (Lipinski definition) is 7. The van der Waals surface area contributed by atoms with E-state index in [9.17, 15) is 18.0 Å². The zero-order valence-electron chi connectivity index (χ0n) is 16.7. The lowest BCUT2D eigenvalue weighted by atomic mass is 10.3. The Kier molecular flexibility index (Phi) is 8.99. The monoisotopic (exact) mass is 437 g/mol. The van der Waals surface area contributed by atoms with E-state index in [-0.39, 0.29) is 12.5 Å². The Labute approximate surface area is 171 Å². The highest BCUT2D eigenvalue weighted by atomic mass is 19.4. The average Bonchev–Trinajstić information content (AvgIpc) is 2.94. The van der Waals surface area contributed by atoms with Crippen LogP contribution in [-0.4, -0.2) is 93.8 Å². The molecule has 3 rings (SSSR count). The van der Waals surface area contributed by atoms with Crippen molar-refractivity contribution in [2.45, 2.75) is 39.2 Å². The van der Waals surface area contributed by atoms with Crippen molar-refractivity contribution in [1.82, 2.24) is 24.6 Å². The second kappa shape index (κ2) is 11.2. The zero-order valence-corrected chi connectivity index (χ0v) is 16.7. The number of morpholine rings is 1. The standard InChI is InChI=1S/C15H25N5O3.C2HF3O2/c1-2-22-12-15(21)19-4-3-5-20-13(16-17-14(20)11-19)10-18-6-8-23-9-7-18;3-2(4,5)1(6)7/h2-12H2,1H3;(H,6,7). The minimum Gasteiger partial charge on any atom is -0.475 e. The molecule has 170 valence electrons. The second-order valence-electron chi connectivity index (χ2n) is 6.68. The molecule has 10 nitrogen and oxygen atoms in total. The van der Waals surface area contributed by atoms with Crippen LogP contribution < -0.4 is 0 Å². The van der Waals surface area contributed by atoms with Crippen LogP contribution in [0.1, 0.15) is 25.0 Å². The van der Waals surface area contributed by atoms with Gasteiger partial charge in [-0.1, -0.05) is 0 Å². The molecule has 0 bridgehead atoms. The summed E-state index contributed by atoms with van der Waals surface area (Å²) >= 11 is 0. The third-order valence-electron chi connectivity index (χ3n) is 4.54. The van der Waals surface area contributed by atoms with Crippen molar-refractivity contribution in [2.75, 3.05) is 46.1 Å². The van der Waals surface area contributed by atoms with Gasteiger partial charge in [0.15, 0.2) is 5.82 Å². The zero-order chi connectivity index (χ0) is 22.1. The Balaban J connectivity index is 0.000000396. The van der Waals surface area contributed by atoms with E-state index < -0.39 is 12.1 Å². The number of halogens is 3. The van der Waals surface area contributed by atoms with E-state index in [0.29, 0.717) is 13.2 Å². The molecule has 2 aliphatic heterocycles. The van der Waals surface area contributed by atoms with Crippen LogP contribution >= 0.6 is 0 Å². The fraction of sp³-hybridized carbons (Fsp3) is 0.765. The van der Waals surface area contributed by atoms with Gasteiger partial charge in [-0.25, -0.2) is 4.79 Å². The van der Waals surface area contributed by atoms with Crippen molar-refractivity contribution in [3.63, 3.8) is 0 Å². The third-order valence-corrected chi connectivity index (χ3v) is 4.54. The van der Waals surface area contributed by atoms with Crippen LogP contribution in [0.5, 0.6) is 0 Å². The van der Waals surface area contributed by atoms with Crippen molar-refractivity contribution < 1.29 is 37.3 Å². The lowest BCUT2D eigenvalue weighted by Crippen LogP contribution is -2.36. The Morgan fingerprint density at radius 2 is 1.83 bits per heavy atom. The normalized spacial score (nSPS) is 17.5. The summed E-state index contributed by atoms with van der Waals surface area (Å²) in [5.74, 6) is -0.873. The molecular weight excluding hydrogens is 411 g/mol. The first-order valence-corrected chi connectivity index (χ1v) is 9.59. The first kappa shape index (κ1) is 24.0. The van der Waals surface area contributed by atoms with Gasteiger partial charge < -0.3 is 24.0 Å². The van der Waals surface area contributed by atoms with Crippen molar-refractivity contribution in [3.8, 4) is 0 Å². The van der Waals surface area contributed by atoms with Crippen LogP contribution in [0.25, 0.3) is 0 Å². The van der Waals surface area contributed by atoms with Gasteiger partial charge in [0.1, 0.15) is 12.4 Å². The molecule has 0 saturated carbocycles. The van der Waals surface area contributed by atoms with E-state index in [1.165, 1.54) is 0 Å². The molecule has 0 aromatic carbocycles. The Hall–Kier alpha value is -2.25. The summed E-state index contributed by atoms with van der Waals surface area (Å²) < 4.78 is 44.5. The molecule has 30 heavy (non-hydrogen) atoms. The van der Waals surface area contributed by atoms with Gasteiger partial charge in [0.05, 0.1) is 26.3 Å². The number of nitrogens with zero attached hydrogens (tertiary/aromatic N) is 5. The quantitative estimate of drug-likeness (QED) is 0.710. The molecule has 1 fully saturated rings. The molecule has 0 unspecified atom stereocenters. The topological polar surface area (TPSA) is 110 Å². The molecule has 1 saturated heterocycles. The van der Waals surface area contributed by atoms with Crippen LogP contribution in [-0.2, 0) is 38.7 Å². The Morgan fingerprint density at radius 3 is 2.43 bits per heavy atom. The molecule has 0 aliphatic carbocycles. The summed E-state index contributed by atoms with van der Waals surface area (Å²) in [4.78, 5) is 25.2. The van der Waals surface area contributed by atoms with Crippen LogP contribution in [0.4, 0.5) is 13.2 Å². The maximum Gasteiger partial charge on any atom is 0.490 e. The van der Waals surface area contributed by atoms with E-state index in [0.717, 1.165) is 64.0 Å². The molecule has 1 amide bonds. The highest BCUT2D eigenvalue weighted by molar-refractivity contribution is 5.77. The lowest BCUT2D eigenvalue weighted by molar-refractivity contribution is -0.192. The number of carboxylic acid groups (broad SMARTS) is 1. The fourth-order valence-corrected chi connectivity index (χ4v) is 2.99. The first-order valence-electron chi connectivity index (χ1n) is 9.59. The third kappa shape index (κ3) is 7.22. The highest BCUT2D eigenvalue weighted by Crippen LogP contribution is 2.15. The van der Waals surface area contributed by atoms with Gasteiger partial charge >= 0.3 is 12.1 Å². The molecule has 3 heterocycles. The summed E-state index contributed by atoms with van der Waals surface area (Å²) in [6.07, 6.45) is -4.17. The first-order chi connectivity index (χ1) is 14.2. The van der Waals surface area contributed by atoms with Crippen LogP contribution in [0.2, 0.25) is 0 Å². The lowest BCUT2D eigenvalue weighted by Gasteiger charge is -2.26. The van der Waals surface area contributed by atoms with Crippen molar-refractivity contribution >= 4 is 11.9 Å². The van der Waals surface area contributed by atoms with Gasteiger partial charge in [-0.05, 0) is 13.3 Å². The molecular formula is C17H26F3N5O5. The van der Waals surface area contributed by atoms with E-state index in [1.807, 2.05) is 11.8 Å². The number of rotatable bonds is 5. The summed E-state index contributed by atoms with van der Waals surface area (Å²) in [5, 5.41) is 15.8. The minimum absolute atomic E-state index is 0.0260. The molecule has 13 heteroatoms. The number of carbonyl (C=O) groups excluding carboxylic acids is 1. The summed E-state index contributed by atoms with van der Waals surface area (Å²) in [7, 11) is 0. The SMILES string of the molecule is CCOCC(=O)N1CCCn2c(CN3CCOCC3)nnc2C1.O=C(O)C(F)(F)F. The molecule has 1 N–H and O–H groups in total. The van der Waals surface area contributed by atoms with Crippen LogP contribution in [0.3, 0.4) is 0 Å². The van der Waals surface area contributed by atoms with Crippen molar-refractivity contribution in [1.29, 1.82) is 0 Å². The number of carboxylic acids is 1. The largest absolute Gasteiger partial charge is 0.490 e. The van der Waals surface area contributed by atoms with E-state index >= 15 is 0 Å². The summed E-state index contributed by atoms with van der Waals surface area (Å²) in [6, 6.07) is 0. The van der Waals surface area contributed by atoms with Crippen LogP contribution in [0, 0.1) is 0 Å². The molecule has 2 aliphatic rings. The number of fused-ring (bicyclic) bond motifs is 1. The van der Waals surface area contributed by atoms with Crippen LogP contribution in [0.15, 0.2) is 0 Å². The number of alkyl halides is 3. The van der Waals surface area contributed by atoms with E-state index in [2.05, 4.69) is 19.7 Å². The number of aromatic nitrogens is 3. The molecule has 0 atom stereocenters. The molecule has 1 aromatic heterocycles. The second-order valence-corrected chi connectivity index (χ2v) is 6.68. The van der Waals surface area contributed by atoms with Gasteiger partial charge in [-0.3, -0.25) is 9.69 Å². The molecule has 0 spiro atoms. The Morgan fingerprint density at radius 1 is 1.17 bits per heavy atom. The Bertz CT molecular complexity index is 706. The minimum atomic E-state index is -5.08. The summed E-state index contributed by atoms with van der Waals surface area (Å²) in [5.41, 5.74) is 0. The van der Waals surface area contributed by atoms with E-state index in [4.69, 9.17) is 19.4 Å². The maximum absolute atomic E-state index is 12.2. The maximum atomic E-state index is 12.2. The number of ether oxygens (including phenoxy) is 2. The van der Waals surface area contributed by atoms with Gasteiger partial charge in [-0.2, -0.15) is 13.2 Å². The number of amides is 1. The van der Waals surface area contributed by atoms with Gasteiger partial charge in [0, 0.05) is 32.8 Å². The molecule has 0 radical (unpaired) electrons. The number of aliphatic carboxylic acids is 1. The average molecular weight is 437 g/mol. The van der Waals surface area contributed by atoms with Crippen molar-refractivity contribution in [3.05, 3.63) is 11.6 Å². The van der Waals surface area contributed by atoms with E-state index in [1.54, 1.807) is 0 Å². The molecule has 1 aromatic rings.